The second-order valence-electron chi connectivity index (χ2n) is 4.77. The van der Waals surface area contributed by atoms with Gasteiger partial charge in [-0.25, -0.2) is 4.79 Å². The maximum absolute atomic E-state index is 11.1. The Morgan fingerprint density at radius 3 is 2.95 bits per heavy atom. The number of aromatic nitrogens is 1. The number of aromatic amines is 1. The molecule has 19 heavy (non-hydrogen) atoms. The van der Waals surface area contributed by atoms with E-state index in [2.05, 4.69) is 4.98 Å². The fraction of sp³-hybridized carbons (Fsp3) is 0.462. The summed E-state index contributed by atoms with van der Waals surface area (Å²) in [5, 5.41) is 0. The van der Waals surface area contributed by atoms with Crippen molar-refractivity contribution in [3.8, 4) is 5.75 Å². The number of hydrogen-bond donors (Lipinski definition) is 2. The van der Waals surface area contributed by atoms with E-state index in [1.54, 1.807) is 12.1 Å². The molecule has 6 nitrogen and oxygen atoms in total. The zero-order valence-corrected chi connectivity index (χ0v) is 10.5. The summed E-state index contributed by atoms with van der Waals surface area (Å²) in [5.41, 5.74) is 7.40. The number of anilines is 1. The van der Waals surface area contributed by atoms with Crippen LogP contribution in [0.3, 0.4) is 0 Å². The molecule has 1 saturated heterocycles. The molecular formula is C13H16N2O4. The molecule has 1 aromatic carbocycles. The van der Waals surface area contributed by atoms with Gasteiger partial charge in [-0.2, -0.15) is 0 Å². The Labute approximate surface area is 109 Å². The highest BCUT2D eigenvalue weighted by atomic mass is 16.5. The predicted octanol–water partition coefficient (Wildman–Crippen LogP) is 1.51. The Hall–Kier alpha value is -1.95. The standard InChI is InChI=1S/C13H16N2O4/c14-9-5-12-10(15-13(16)19-12)6-11(9)18-7-8-1-3-17-4-2-8/h5-6,8H,1-4,7,14H2,(H,15,16). The monoisotopic (exact) mass is 264 g/mol. The number of rotatable bonds is 3. The lowest BCUT2D eigenvalue weighted by molar-refractivity contribution is 0.0499. The molecule has 2 aromatic rings. The van der Waals surface area contributed by atoms with Gasteiger partial charge in [0.1, 0.15) is 5.75 Å². The average Bonchev–Trinajstić information content (AvgIpc) is 2.76. The van der Waals surface area contributed by atoms with Gasteiger partial charge in [0.15, 0.2) is 5.58 Å². The summed E-state index contributed by atoms with van der Waals surface area (Å²) < 4.78 is 16.0. The number of oxazole rings is 1. The molecule has 1 aliphatic heterocycles. The zero-order valence-electron chi connectivity index (χ0n) is 10.5. The van der Waals surface area contributed by atoms with Gasteiger partial charge >= 0.3 is 5.76 Å². The highest BCUT2D eigenvalue weighted by Crippen LogP contribution is 2.27. The molecule has 0 amide bonds. The molecule has 1 aromatic heterocycles. The molecular weight excluding hydrogens is 248 g/mol. The summed E-state index contributed by atoms with van der Waals surface area (Å²) in [7, 11) is 0. The van der Waals surface area contributed by atoms with Crippen LogP contribution in [0.4, 0.5) is 5.69 Å². The molecule has 2 heterocycles. The Morgan fingerprint density at radius 1 is 1.37 bits per heavy atom. The molecule has 6 heteroatoms. The van der Waals surface area contributed by atoms with Crippen LogP contribution in [-0.2, 0) is 4.74 Å². The molecule has 0 unspecified atom stereocenters. The first-order valence-corrected chi connectivity index (χ1v) is 6.35. The maximum Gasteiger partial charge on any atom is 0.417 e. The summed E-state index contributed by atoms with van der Waals surface area (Å²) in [6.07, 6.45) is 2.01. The lowest BCUT2D eigenvalue weighted by Crippen LogP contribution is -2.21. The Balaban J connectivity index is 1.76. The van der Waals surface area contributed by atoms with Crippen molar-refractivity contribution >= 4 is 16.8 Å². The fourth-order valence-corrected chi connectivity index (χ4v) is 2.24. The number of nitrogen functional groups attached to an aromatic ring is 1. The molecule has 0 spiro atoms. The van der Waals surface area contributed by atoms with Gasteiger partial charge in [0.2, 0.25) is 0 Å². The first-order chi connectivity index (χ1) is 9.22. The van der Waals surface area contributed by atoms with Gasteiger partial charge in [-0.15, -0.1) is 0 Å². The van der Waals surface area contributed by atoms with Gasteiger partial charge in [-0.3, -0.25) is 4.98 Å². The van der Waals surface area contributed by atoms with Crippen LogP contribution in [0.15, 0.2) is 21.3 Å². The smallest absolute Gasteiger partial charge is 0.417 e. The molecule has 1 fully saturated rings. The Morgan fingerprint density at radius 2 is 2.16 bits per heavy atom. The second kappa shape index (κ2) is 4.97. The van der Waals surface area contributed by atoms with Gasteiger partial charge in [0, 0.05) is 25.3 Å². The highest BCUT2D eigenvalue weighted by molar-refractivity contribution is 5.80. The molecule has 3 rings (SSSR count). The van der Waals surface area contributed by atoms with Crippen LogP contribution in [0.25, 0.3) is 11.1 Å². The molecule has 1 aliphatic rings. The molecule has 0 bridgehead atoms. The van der Waals surface area contributed by atoms with E-state index >= 15 is 0 Å². The van der Waals surface area contributed by atoms with Gasteiger partial charge in [-0.1, -0.05) is 0 Å². The van der Waals surface area contributed by atoms with Gasteiger partial charge in [-0.05, 0) is 18.8 Å². The quantitative estimate of drug-likeness (QED) is 0.820. The van der Waals surface area contributed by atoms with Crippen molar-refractivity contribution in [2.75, 3.05) is 25.6 Å². The second-order valence-corrected chi connectivity index (χ2v) is 4.77. The van der Waals surface area contributed by atoms with Crippen LogP contribution in [0.1, 0.15) is 12.8 Å². The largest absolute Gasteiger partial charge is 0.491 e. The number of H-pyrrole nitrogens is 1. The van der Waals surface area contributed by atoms with E-state index in [1.165, 1.54) is 0 Å². The number of hydrogen-bond acceptors (Lipinski definition) is 5. The summed E-state index contributed by atoms with van der Waals surface area (Å²) in [6.45, 7) is 2.19. The third-order valence-corrected chi connectivity index (χ3v) is 3.37. The van der Waals surface area contributed by atoms with Crippen LogP contribution in [0.2, 0.25) is 0 Å². The van der Waals surface area contributed by atoms with Gasteiger partial charge in [0.05, 0.1) is 17.8 Å². The number of benzene rings is 1. The van der Waals surface area contributed by atoms with Crippen molar-refractivity contribution in [1.29, 1.82) is 0 Å². The highest BCUT2D eigenvalue weighted by Gasteiger charge is 2.15. The number of ether oxygens (including phenoxy) is 2. The average molecular weight is 264 g/mol. The van der Waals surface area contributed by atoms with Crippen LogP contribution >= 0.6 is 0 Å². The van der Waals surface area contributed by atoms with Crippen LogP contribution in [-0.4, -0.2) is 24.8 Å². The first kappa shape index (κ1) is 12.1. The summed E-state index contributed by atoms with van der Waals surface area (Å²) in [6, 6.07) is 3.31. The molecule has 102 valence electrons. The zero-order chi connectivity index (χ0) is 13.2. The summed E-state index contributed by atoms with van der Waals surface area (Å²) >= 11 is 0. The first-order valence-electron chi connectivity index (χ1n) is 6.35. The molecule has 0 saturated carbocycles. The van der Waals surface area contributed by atoms with Crippen molar-refractivity contribution in [1.82, 2.24) is 4.98 Å². The van der Waals surface area contributed by atoms with Crippen LogP contribution in [0, 0.1) is 5.92 Å². The van der Waals surface area contributed by atoms with E-state index in [4.69, 9.17) is 19.6 Å². The molecule has 0 atom stereocenters. The van der Waals surface area contributed by atoms with Crippen molar-refractivity contribution in [2.24, 2.45) is 5.92 Å². The van der Waals surface area contributed by atoms with Crippen LogP contribution < -0.4 is 16.2 Å². The van der Waals surface area contributed by atoms with E-state index in [0.717, 1.165) is 26.1 Å². The third-order valence-electron chi connectivity index (χ3n) is 3.37. The molecule has 0 radical (unpaired) electrons. The van der Waals surface area contributed by atoms with Crippen LogP contribution in [0.5, 0.6) is 5.75 Å². The Kier molecular flexibility index (Phi) is 3.16. The van der Waals surface area contributed by atoms with Gasteiger partial charge in [0.25, 0.3) is 0 Å². The number of nitrogens with one attached hydrogen (secondary N) is 1. The number of nitrogens with two attached hydrogens (primary N) is 1. The van der Waals surface area contributed by atoms with Crippen molar-refractivity contribution in [2.45, 2.75) is 12.8 Å². The van der Waals surface area contributed by atoms with E-state index in [9.17, 15) is 4.79 Å². The normalized spacial score (nSPS) is 16.8. The van der Waals surface area contributed by atoms with Crippen molar-refractivity contribution < 1.29 is 13.9 Å². The van der Waals surface area contributed by atoms with Crippen molar-refractivity contribution in [3.63, 3.8) is 0 Å². The minimum Gasteiger partial charge on any atom is -0.491 e. The van der Waals surface area contributed by atoms with E-state index in [-0.39, 0.29) is 0 Å². The fourth-order valence-electron chi connectivity index (χ4n) is 2.24. The minimum absolute atomic E-state index is 0.445. The van der Waals surface area contributed by atoms with E-state index in [1.807, 2.05) is 0 Å². The van der Waals surface area contributed by atoms with Crippen molar-refractivity contribution in [3.05, 3.63) is 22.7 Å². The van der Waals surface area contributed by atoms with E-state index < -0.39 is 5.76 Å². The SMILES string of the molecule is Nc1cc2oc(=O)[nH]c2cc1OCC1CCOCC1. The van der Waals surface area contributed by atoms with Gasteiger partial charge < -0.3 is 19.6 Å². The van der Waals surface area contributed by atoms with E-state index in [0.29, 0.717) is 35.1 Å². The minimum atomic E-state index is -0.490. The lowest BCUT2D eigenvalue weighted by Gasteiger charge is -2.22. The summed E-state index contributed by atoms with van der Waals surface area (Å²) in [4.78, 5) is 13.7. The lowest BCUT2D eigenvalue weighted by atomic mass is 10.0. The Bertz CT molecular complexity index is 625. The molecule has 0 aliphatic carbocycles. The molecule has 3 N–H and O–H groups in total. The topological polar surface area (TPSA) is 90.5 Å². The predicted molar refractivity (Wildman–Crippen MR) is 70.3 cm³/mol. The number of fused-ring (bicyclic) bond motifs is 1. The summed E-state index contributed by atoms with van der Waals surface area (Å²) in [5.74, 6) is 0.583. The maximum atomic E-state index is 11.1. The third kappa shape index (κ3) is 2.58.